The van der Waals surface area contributed by atoms with E-state index in [1.54, 1.807) is 7.11 Å². The Balaban J connectivity index is 2.24. The molecule has 4 heteroatoms. The van der Waals surface area contributed by atoms with Crippen LogP contribution in [-0.2, 0) is 15.8 Å². The van der Waals surface area contributed by atoms with Crippen LogP contribution in [-0.4, -0.2) is 28.1 Å². The molecule has 0 radical (unpaired) electrons. The van der Waals surface area contributed by atoms with E-state index in [1.165, 1.54) is 0 Å². The fourth-order valence-electron chi connectivity index (χ4n) is 2.15. The minimum absolute atomic E-state index is 0.0810. The smallest absolute Gasteiger partial charge is 0.193 e. The highest BCUT2D eigenvalue weighted by molar-refractivity contribution is 6.74. The van der Waals surface area contributed by atoms with Crippen molar-refractivity contribution in [3.63, 3.8) is 0 Å². The summed E-state index contributed by atoms with van der Waals surface area (Å²) in [5.41, 5.74) is 1.16. The average Bonchev–Trinajstić information content (AvgIpc) is 2.56. The molecule has 0 amide bonds. The Bertz CT molecular complexity index is 538. The number of terminal acetylenes is 1. The van der Waals surface area contributed by atoms with Gasteiger partial charge in [0.05, 0.1) is 13.7 Å². The minimum atomic E-state index is -1.80. The number of unbranched alkanes of at least 4 members (excludes halogenated alkanes) is 1. The SMILES string of the molecule is C#C[C@H](CCCCOCc1ccc(OC)cc1)O[Si](C)(C)C(C)(C)C. The molecule has 1 atom stereocenters. The van der Waals surface area contributed by atoms with Gasteiger partial charge in [-0.25, -0.2) is 0 Å². The van der Waals surface area contributed by atoms with Gasteiger partial charge in [0.25, 0.3) is 0 Å². The first kappa shape index (κ1) is 21.8. The van der Waals surface area contributed by atoms with E-state index < -0.39 is 8.32 Å². The zero-order chi connectivity index (χ0) is 18.9. The van der Waals surface area contributed by atoms with Crippen molar-refractivity contribution >= 4 is 8.32 Å². The lowest BCUT2D eigenvalue weighted by Crippen LogP contribution is -2.43. The van der Waals surface area contributed by atoms with Gasteiger partial charge in [0.15, 0.2) is 8.32 Å². The maximum absolute atomic E-state index is 6.30. The largest absolute Gasteiger partial charge is 0.497 e. The Morgan fingerprint density at radius 3 is 2.28 bits per heavy atom. The van der Waals surface area contributed by atoms with E-state index in [4.69, 9.17) is 20.3 Å². The monoisotopic (exact) mass is 362 g/mol. The molecule has 0 N–H and O–H groups in total. The fraction of sp³-hybridized carbons (Fsp3) is 0.619. The van der Waals surface area contributed by atoms with Crippen molar-refractivity contribution in [3.05, 3.63) is 29.8 Å². The Labute approximate surface area is 155 Å². The van der Waals surface area contributed by atoms with Crippen LogP contribution in [0, 0.1) is 12.3 Å². The van der Waals surface area contributed by atoms with E-state index in [1.807, 2.05) is 24.3 Å². The highest BCUT2D eigenvalue weighted by Gasteiger charge is 2.38. The molecule has 0 saturated heterocycles. The molecular weight excluding hydrogens is 328 g/mol. The van der Waals surface area contributed by atoms with E-state index in [-0.39, 0.29) is 11.1 Å². The molecule has 25 heavy (non-hydrogen) atoms. The highest BCUT2D eigenvalue weighted by Crippen LogP contribution is 2.37. The van der Waals surface area contributed by atoms with Gasteiger partial charge in [-0.1, -0.05) is 38.8 Å². The lowest BCUT2D eigenvalue weighted by Gasteiger charge is -2.38. The molecule has 3 nitrogen and oxygen atoms in total. The van der Waals surface area contributed by atoms with Gasteiger partial charge >= 0.3 is 0 Å². The van der Waals surface area contributed by atoms with Crippen LogP contribution in [0.2, 0.25) is 18.1 Å². The van der Waals surface area contributed by atoms with Crippen LogP contribution in [0.5, 0.6) is 5.75 Å². The van der Waals surface area contributed by atoms with E-state index in [0.29, 0.717) is 6.61 Å². The molecule has 1 aromatic carbocycles. The molecule has 0 aliphatic heterocycles. The van der Waals surface area contributed by atoms with Crippen molar-refractivity contribution in [1.29, 1.82) is 0 Å². The van der Waals surface area contributed by atoms with Crippen LogP contribution in [0.4, 0.5) is 0 Å². The second-order valence-electron chi connectivity index (χ2n) is 7.93. The first-order chi connectivity index (χ1) is 11.7. The highest BCUT2D eigenvalue weighted by atomic mass is 28.4. The molecule has 0 unspecified atom stereocenters. The third-order valence-electron chi connectivity index (χ3n) is 4.86. The molecule has 0 aliphatic carbocycles. The lowest BCUT2D eigenvalue weighted by molar-refractivity contribution is 0.114. The minimum Gasteiger partial charge on any atom is -0.497 e. The van der Waals surface area contributed by atoms with Crippen molar-refractivity contribution in [1.82, 2.24) is 0 Å². The molecule has 0 bridgehead atoms. The van der Waals surface area contributed by atoms with Gasteiger partial charge in [-0.3, -0.25) is 0 Å². The molecule has 140 valence electrons. The van der Waals surface area contributed by atoms with Gasteiger partial charge in [-0.05, 0) is 55.1 Å². The lowest BCUT2D eigenvalue weighted by atomic mass is 10.2. The molecule has 0 fully saturated rings. The Hall–Kier alpha value is -1.28. The van der Waals surface area contributed by atoms with Crippen molar-refractivity contribution in [2.24, 2.45) is 0 Å². The Kier molecular flexibility index (Phi) is 8.71. The van der Waals surface area contributed by atoms with Crippen LogP contribution in [0.25, 0.3) is 0 Å². The van der Waals surface area contributed by atoms with Crippen LogP contribution < -0.4 is 4.74 Å². The average molecular weight is 363 g/mol. The van der Waals surface area contributed by atoms with E-state index >= 15 is 0 Å². The van der Waals surface area contributed by atoms with Crippen LogP contribution >= 0.6 is 0 Å². The Morgan fingerprint density at radius 2 is 1.76 bits per heavy atom. The quantitative estimate of drug-likeness (QED) is 0.316. The molecule has 0 spiro atoms. The van der Waals surface area contributed by atoms with Crippen LogP contribution in [0.15, 0.2) is 24.3 Å². The van der Waals surface area contributed by atoms with Gasteiger partial charge in [0.2, 0.25) is 0 Å². The number of ether oxygens (including phenoxy) is 2. The third kappa shape index (κ3) is 7.64. The number of benzene rings is 1. The summed E-state index contributed by atoms with van der Waals surface area (Å²) in [4.78, 5) is 0. The van der Waals surface area contributed by atoms with Crippen molar-refractivity contribution in [3.8, 4) is 18.1 Å². The maximum Gasteiger partial charge on any atom is 0.193 e. The normalized spacial score (nSPS) is 13.3. The molecule has 1 rings (SSSR count). The second kappa shape index (κ2) is 10.0. The fourth-order valence-corrected chi connectivity index (χ4v) is 3.41. The summed E-state index contributed by atoms with van der Waals surface area (Å²) in [6.45, 7) is 12.6. The summed E-state index contributed by atoms with van der Waals surface area (Å²) in [5.74, 6) is 3.68. The molecule has 0 heterocycles. The molecule has 0 aromatic heterocycles. The zero-order valence-corrected chi connectivity index (χ0v) is 17.7. The van der Waals surface area contributed by atoms with E-state index in [2.05, 4.69) is 39.8 Å². The standard InChI is InChI=1S/C21H34O3Si/c1-8-19(24-25(6,7)21(2,3)4)11-9-10-16-23-17-18-12-14-20(22-5)15-13-18/h1,12-15,19H,9-11,16-17H2,2-7H3/t19-/m1/s1. The predicted molar refractivity (Wildman–Crippen MR) is 107 cm³/mol. The number of hydrogen-bond donors (Lipinski definition) is 0. The van der Waals surface area contributed by atoms with E-state index in [9.17, 15) is 0 Å². The van der Waals surface area contributed by atoms with E-state index in [0.717, 1.165) is 37.2 Å². The van der Waals surface area contributed by atoms with Gasteiger partial charge in [0, 0.05) is 6.61 Å². The summed E-state index contributed by atoms with van der Waals surface area (Å²) < 4.78 is 17.2. The summed E-state index contributed by atoms with van der Waals surface area (Å²) >= 11 is 0. The second-order valence-corrected chi connectivity index (χ2v) is 12.7. The number of rotatable bonds is 10. The topological polar surface area (TPSA) is 27.7 Å². The van der Waals surface area contributed by atoms with Gasteiger partial charge in [-0.2, -0.15) is 0 Å². The van der Waals surface area contributed by atoms with Crippen molar-refractivity contribution < 1.29 is 13.9 Å². The molecular formula is C21H34O3Si. The molecule has 0 aliphatic rings. The zero-order valence-electron chi connectivity index (χ0n) is 16.7. The number of methoxy groups -OCH3 is 1. The predicted octanol–water partition coefficient (Wildman–Crippen LogP) is 5.41. The first-order valence-electron chi connectivity index (χ1n) is 9.04. The molecule has 0 saturated carbocycles. The summed E-state index contributed by atoms with van der Waals surface area (Å²) in [5, 5.41) is 0.184. The van der Waals surface area contributed by atoms with Crippen LogP contribution in [0.1, 0.15) is 45.6 Å². The Morgan fingerprint density at radius 1 is 1.12 bits per heavy atom. The number of hydrogen-bond acceptors (Lipinski definition) is 3. The first-order valence-corrected chi connectivity index (χ1v) is 11.9. The third-order valence-corrected chi connectivity index (χ3v) is 9.35. The van der Waals surface area contributed by atoms with Crippen molar-refractivity contribution in [2.45, 2.75) is 70.9 Å². The van der Waals surface area contributed by atoms with Gasteiger partial charge in [0.1, 0.15) is 11.9 Å². The van der Waals surface area contributed by atoms with Gasteiger partial charge < -0.3 is 13.9 Å². The van der Waals surface area contributed by atoms with Crippen molar-refractivity contribution in [2.75, 3.05) is 13.7 Å². The summed E-state index contributed by atoms with van der Waals surface area (Å²) in [6.07, 6.45) is 8.50. The molecule has 1 aromatic rings. The van der Waals surface area contributed by atoms with Crippen LogP contribution in [0.3, 0.4) is 0 Å². The van der Waals surface area contributed by atoms with Gasteiger partial charge in [-0.15, -0.1) is 6.42 Å². The summed E-state index contributed by atoms with van der Waals surface area (Å²) in [6, 6.07) is 7.96. The maximum atomic E-state index is 6.30. The summed E-state index contributed by atoms with van der Waals surface area (Å²) in [7, 11) is -0.130.